The maximum absolute atomic E-state index is 4.49. The summed E-state index contributed by atoms with van der Waals surface area (Å²) < 4.78 is 0. The van der Waals surface area contributed by atoms with Crippen molar-refractivity contribution in [3.63, 3.8) is 0 Å². The molecule has 0 bridgehead atoms. The molecule has 0 amide bonds. The number of oxime groups is 1. The van der Waals surface area contributed by atoms with E-state index in [2.05, 4.69) is 23.0 Å². The molecule has 0 aliphatic carbocycles. The lowest BCUT2D eigenvalue weighted by atomic mass is 10.3. The van der Waals surface area contributed by atoms with Crippen molar-refractivity contribution in [3.8, 4) is 0 Å². The van der Waals surface area contributed by atoms with E-state index >= 15 is 0 Å². The van der Waals surface area contributed by atoms with Gasteiger partial charge in [-0.2, -0.15) is 0 Å². The third-order valence-corrected chi connectivity index (χ3v) is 0.888. The minimum atomic E-state index is 1.04. The Bertz CT molecular complexity index is 116. The van der Waals surface area contributed by atoms with Crippen LogP contribution in [-0.2, 0) is 4.84 Å². The fourth-order valence-corrected chi connectivity index (χ4v) is 0.511. The van der Waals surface area contributed by atoms with Gasteiger partial charge in [0.1, 0.15) is 7.11 Å². The van der Waals surface area contributed by atoms with E-state index in [1.165, 1.54) is 7.11 Å². The molecule has 2 nitrogen and oxygen atoms in total. The molecule has 52 valence electrons. The first-order chi connectivity index (χ1) is 4.31. The molecule has 2 heteroatoms. The van der Waals surface area contributed by atoms with E-state index in [4.69, 9.17) is 0 Å². The maximum atomic E-state index is 4.49. The van der Waals surface area contributed by atoms with Crippen molar-refractivity contribution in [3.05, 3.63) is 11.6 Å². The number of hydrogen-bond acceptors (Lipinski definition) is 2. The summed E-state index contributed by atoms with van der Waals surface area (Å²) in [5, 5.41) is 3.60. The van der Waals surface area contributed by atoms with Crippen LogP contribution in [0.5, 0.6) is 0 Å². The van der Waals surface area contributed by atoms with Gasteiger partial charge in [-0.05, 0) is 18.9 Å². The van der Waals surface area contributed by atoms with Gasteiger partial charge < -0.3 is 4.84 Å². The Morgan fingerprint density at radius 3 is 2.78 bits per heavy atom. The second-order valence-electron chi connectivity index (χ2n) is 1.77. The summed E-state index contributed by atoms with van der Waals surface area (Å²) in [6.45, 7) is 4.08. The summed E-state index contributed by atoms with van der Waals surface area (Å²) in [6, 6.07) is 0. The van der Waals surface area contributed by atoms with Crippen LogP contribution in [0.25, 0.3) is 0 Å². The molecule has 0 N–H and O–H groups in total. The molecular weight excluding hydrogens is 114 g/mol. The van der Waals surface area contributed by atoms with Gasteiger partial charge in [0.2, 0.25) is 0 Å². The summed E-state index contributed by atoms with van der Waals surface area (Å²) in [5.41, 5.74) is 1.14. The Balaban J connectivity index is 3.60. The van der Waals surface area contributed by atoms with Crippen LogP contribution in [0, 0.1) is 0 Å². The summed E-state index contributed by atoms with van der Waals surface area (Å²) >= 11 is 0. The highest BCUT2D eigenvalue weighted by atomic mass is 16.6. The van der Waals surface area contributed by atoms with Crippen molar-refractivity contribution in [1.82, 2.24) is 0 Å². The Kier molecular flexibility index (Phi) is 4.88. The normalized spacial score (nSPS) is 12.6. The van der Waals surface area contributed by atoms with Gasteiger partial charge in [-0.3, -0.25) is 0 Å². The average Bonchev–Trinajstić information content (AvgIpc) is 1.85. The van der Waals surface area contributed by atoms with Crippen LogP contribution in [0.3, 0.4) is 0 Å². The molecular formula is C7H13NO. The molecule has 0 rings (SSSR count). The average molecular weight is 127 g/mol. The molecule has 9 heavy (non-hydrogen) atoms. The standard InChI is InChI=1S/C7H13NO/c1-4-5-7(2)6-8-9-3/h5-6H,4H2,1-3H3/b7-5+,8-6+. The van der Waals surface area contributed by atoms with Gasteiger partial charge in [0.15, 0.2) is 0 Å². The van der Waals surface area contributed by atoms with Crippen molar-refractivity contribution in [2.75, 3.05) is 7.11 Å². The lowest BCUT2D eigenvalue weighted by molar-refractivity contribution is 0.215. The molecule has 0 fully saturated rings. The van der Waals surface area contributed by atoms with Gasteiger partial charge >= 0.3 is 0 Å². The SMILES string of the molecule is CC/C=C(C)/C=N/OC. The fraction of sp³-hybridized carbons (Fsp3) is 0.571. The third kappa shape index (κ3) is 5.07. The van der Waals surface area contributed by atoms with E-state index in [1.54, 1.807) is 6.21 Å². The van der Waals surface area contributed by atoms with Gasteiger partial charge in [0.25, 0.3) is 0 Å². The second-order valence-corrected chi connectivity index (χ2v) is 1.77. The van der Waals surface area contributed by atoms with E-state index in [-0.39, 0.29) is 0 Å². The Hall–Kier alpha value is -0.790. The van der Waals surface area contributed by atoms with E-state index < -0.39 is 0 Å². The van der Waals surface area contributed by atoms with E-state index in [1.807, 2.05) is 6.92 Å². The molecule has 0 aromatic rings. The topological polar surface area (TPSA) is 21.6 Å². The van der Waals surface area contributed by atoms with Gasteiger partial charge in [-0.1, -0.05) is 18.2 Å². The molecule has 0 saturated carbocycles. The molecule has 0 atom stereocenters. The molecule has 0 radical (unpaired) electrons. The first kappa shape index (κ1) is 8.21. The number of rotatable bonds is 3. The fourth-order valence-electron chi connectivity index (χ4n) is 0.511. The zero-order valence-electron chi connectivity index (χ0n) is 6.22. The molecule has 0 aliphatic rings. The predicted octanol–water partition coefficient (Wildman–Crippen LogP) is 1.97. The Morgan fingerprint density at radius 1 is 1.67 bits per heavy atom. The van der Waals surface area contributed by atoms with Crippen LogP contribution in [-0.4, -0.2) is 13.3 Å². The molecule has 0 aromatic carbocycles. The van der Waals surface area contributed by atoms with Gasteiger partial charge in [-0.25, -0.2) is 0 Å². The molecule has 0 heterocycles. The highest BCUT2D eigenvalue weighted by Crippen LogP contribution is 1.89. The molecule has 0 aromatic heterocycles. The Morgan fingerprint density at radius 2 is 2.33 bits per heavy atom. The molecule has 0 saturated heterocycles. The smallest absolute Gasteiger partial charge is 0.106 e. The zero-order valence-corrected chi connectivity index (χ0v) is 6.22. The highest BCUT2D eigenvalue weighted by Gasteiger charge is 1.77. The molecule has 0 spiro atoms. The third-order valence-electron chi connectivity index (χ3n) is 0.888. The lowest BCUT2D eigenvalue weighted by Crippen LogP contribution is -1.77. The van der Waals surface area contributed by atoms with Crippen LogP contribution in [0.15, 0.2) is 16.8 Å². The monoisotopic (exact) mass is 127 g/mol. The minimum absolute atomic E-state index is 1.04. The van der Waals surface area contributed by atoms with Crippen LogP contribution < -0.4 is 0 Å². The van der Waals surface area contributed by atoms with E-state index in [0.29, 0.717) is 0 Å². The Labute approximate surface area is 56.2 Å². The van der Waals surface area contributed by atoms with Gasteiger partial charge in [0.05, 0.1) is 6.21 Å². The summed E-state index contributed by atoms with van der Waals surface area (Å²) in [7, 11) is 1.54. The van der Waals surface area contributed by atoms with Crippen molar-refractivity contribution < 1.29 is 4.84 Å². The first-order valence-corrected chi connectivity index (χ1v) is 3.04. The second kappa shape index (κ2) is 5.35. The van der Waals surface area contributed by atoms with E-state index in [0.717, 1.165) is 12.0 Å². The molecule has 0 aliphatic heterocycles. The maximum Gasteiger partial charge on any atom is 0.106 e. The summed E-state index contributed by atoms with van der Waals surface area (Å²) in [5.74, 6) is 0. The predicted molar refractivity (Wildman–Crippen MR) is 39.5 cm³/mol. The highest BCUT2D eigenvalue weighted by molar-refractivity contribution is 5.76. The van der Waals surface area contributed by atoms with Crippen molar-refractivity contribution in [2.45, 2.75) is 20.3 Å². The van der Waals surface area contributed by atoms with Crippen molar-refractivity contribution >= 4 is 6.21 Å². The minimum Gasteiger partial charge on any atom is -0.399 e. The number of hydrogen-bond donors (Lipinski definition) is 0. The summed E-state index contributed by atoms with van der Waals surface area (Å²) in [4.78, 5) is 4.49. The zero-order chi connectivity index (χ0) is 7.11. The van der Waals surface area contributed by atoms with Gasteiger partial charge in [-0.15, -0.1) is 0 Å². The van der Waals surface area contributed by atoms with Crippen LogP contribution >= 0.6 is 0 Å². The lowest BCUT2D eigenvalue weighted by Gasteiger charge is -1.87. The molecule has 0 unspecified atom stereocenters. The summed E-state index contributed by atoms with van der Waals surface area (Å²) in [6.07, 6.45) is 4.83. The van der Waals surface area contributed by atoms with Crippen LogP contribution in [0.1, 0.15) is 20.3 Å². The number of nitrogens with zero attached hydrogens (tertiary/aromatic N) is 1. The first-order valence-electron chi connectivity index (χ1n) is 3.04. The van der Waals surface area contributed by atoms with E-state index in [9.17, 15) is 0 Å². The number of allylic oxidation sites excluding steroid dienone is 2. The van der Waals surface area contributed by atoms with Gasteiger partial charge in [0, 0.05) is 0 Å². The van der Waals surface area contributed by atoms with Crippen molar-refractivity contribution in [2.24, 2.45) is 5.16 Å². The van der Waals surface area contributed by atoms with Crippen LogP contribution in [0.2, 0.25) is 0 Å². The largest absolute Gasteiger partial charge is 0.399 e. The van der Waals surface area contributed by atoms with Crippen molar-refractivity contribution in [1.29, 1.82) is 0 Å². The quantitative estimate of drug-likeness (QED) is 0.419. The van der Waals surface area contributed by atoms with Crippen LogP contribution in [0.4, 0.5) is 0 Å².